The minimum atomic E-state index is -0.225. The fraction of sp³-hybridized carbons (Fsp3) is 0.429. The number of nitrogens with zero attached hydrogens (tertiary/aromatic N) is 3. The summed E-state index contributed by atoms with van der Waals surface area (Å²) in [6.45, 7) is 2.97. The lowest BCUT2D eigenvalue weighted by Crippen LogP contribution is -2.26. The van der Waals surface area contributed by atoms with Gasteiger partial charge in [-0.1, -0.05) is 6.07 Å². The smallest absolute Gasteiger partial charge is 0.319 e. The van der Waals surface area contributed by atoms with Crippen molar-refractivity contribution in [3.63, 3.8) is 0 Å². The molecule has 1 aromatic heterocycles. The molecule has 5 nitrogen and oxygen atoms in total. The quantitative estimate of drug-likeness (QED) is 0.782. The highest BCUT2D eigenvalue weighted by Gasteiger charge is 2.09. The van der Waals surface area contributed by atoms with E-state index in [1.54, 1.807) is 0 Å². The Labute approximate surface area is 112 Å². The molecule has 0 bridgehead atoms. The molecule has 0 fully saturated rings. The maximum Gasteiger partial charge on any atom is 0.319 e. The predicted molar refractivity (Wildman–Crippen MR) is 73.8 cm³/mol. The Morgan fingerprint density at radius 1 is 1.47 bits per heavy atom. The second-order valence-electron chi connectivity index (χ2n) is 4.79. The van der Waals surface area contributed by atoms with Gasteiger partial charge in [0.1, 0.15) is 5.82 Å². The monoisotopic (exact) mass is 261 g/mol. The summed E-state index contributed by atoms with van der Waals surface area (Å²) in [5, 5.41) is 0. The standard InChI is InChI=1S/C14H19N3O2/c1-10-15-12-7-11(5-6-13(12)17(10)3)8-16(2)9-14(18)19-4/h5-7H,8-9H2,1-4H3. The van der Waals surface area contributed by atoms with E-state index in [-0.39, 0.29) is 12.5 Å². The molecule has 0 amide bonds. The van der Waals surface area contributed by atoms with Crippen LogP contribution in [0.3, 0.4) is 0 Å². The number of hydrogen-bond acceptors (Lipinski definition) is 4. The molecule has 1 aromatic carbocycles. The molecule has 2 rings (SSSR count). The maximum atomic E-state index is 11.2. The van der Waals surface area contributed by atoms with Crippen LogP contribution in [0.25, 0.3) is 11.0 Å². The topological polar surface area (TPSA) is 47.4 Å². The molecule has 0 aliphatic rings. The van der Waals surface area contributed by atoms with E-state index < -0.39 is 0 Å². The highest BCUT2D eigenvalue weighted by Crippen LogP contribution is 2.17. The van der Waals surface area contributed by atoms with Gasteiger partial charge in [-0.15, -0.1) is 0 Å². The van der Waals surface area contributed by atoms with Crippen molar-refractivity contribution in [2.45, 2.75) is 13.5 Å². The minimum absolute atomic E-state index is 0.225. The van der Waals surface area contributed by atoms with Gasteiger partial charge in [-0.25, -0.2) is 4.98 Å². The lowest BCUT2D eigenvalue weighted by Gasteiger charge is -2.14. The van der Waals surface area contributed by atoms with E-state index in [2.05, 4.69) is 32.5 Å². The van der Waals surface area contributed by atoms with Crippen molar-refractivity contribution in [2.24, 2.45) is 7.05 Å². The number of methoxy groups -OCH3 is 1. The predicted octanol–water partition coefficient (Wildman–Crippen LogP) is 1.49. The van der Waals surface area contributed by atoms with E-state index in [9.17, 15) is 4.79 Å². The minimum Gasteiger partial charge on any atom is -0.468 e. The van der Waals surface area contributed by atoms with Gasteiger partial charge >= 0.3 is 5.97 Å². The van der Waals surface area contributed by atoms with E-state index in [1.807, 2.05) is 25.9 Å². The number of esters is 1. The van der Waals surface area contributed by atoms with Crippen LogP contribution in [0.1, 0.15) is 11.4 Å². The first-order valence-corrected chi connectivity index (χ1v) is 6.18. The van der Waals surface area contributed by atoms with Gasteiger partial charge < -0.3 is 9.30 Å². The lowest BCUT2D eigenvalue weighted by molar-refractivity contribution is -0.141. The van der Waals surface area contributed by atoms with Crippen LogP contribution in [0, 0.1) is 6.92 Å². The number of hydrogen-bond donors (Lipinski definition) is 0. The third-order valence-corrected chi connectivity index (χ3v) is 3.25. The van der Waals surface area contributed by atoms with Gasteiger partial charge in [0.25, 0.3) is 0 Å². The highest BCUT2D eigenvalue weighted by atomic mass is 16.5. The van der Waals surface area contributed by atoms with Crippen LogP contribution < -0.4 is 0 Å². The Kier molecular flexibility index (Phi) is 3.85. The number of fused-ring (bicyclic) bond motifs is 1. The van der Waals surface area contributed by atoms with Crippen molar-refractivity contribution >= 4 is 17.0 Å². The molecule has 0 N–H and O–H groups in total. The van der Waals surface area contributed by atoms with E-state index in [4.69, 9.17) is 0 Å². The number of benzene rings is 1. The van der Waals surface area contributed by atoms with Crippen molar-refractivity contribution in [2.75, 3.05) is 20.7 Å². The van der Waals surface area contributed by atoms with Crippen molar-refractivity contribution < 1.29 is 9.53 Å². The summed E-state index contributed by atoms with van der Waals surface area (Å²) in [5.41, 5.74) is 3.25. The molecule has 5 heteroatoms. The molecule has 2 aromatic rings. The second-order valence-corrected chi connectivity index (χ2v) is 4.79. The van der Waals surface area contributed by atoms with Crippen LogP contribution in [0.5, 0.6) is 0 Å². The number of carbonyl (C=O) groups excluding carboxylic acids is 1. The first-order valence-electron chi connectivity index (χ1n) is 6.18. The SMILES string of the molecule is COC(=O)CN(C)Cc1ccc2c(c1)nc(C)n2C. The zero-order valence-electron chi connectivity index (χ0n) is 11.8. The molecule has 0 spiro atoms. The molecule has 0 aliphatic heterocycles. The number of rotatable bonds is 4. The number of aromatic nitrogens is 2. The number of carbonyl (C=O) groups is 1. The molecule has 1 heterocycles. The van der Waals surface area contributed by atoms with Gasteiger partial charge in [0.05, 0.1) is 24.7 Å². The van der Waals surface area contributed by atoms with Crippen molar-refractivity contribution in [3.8, 4) is 0 Å². The number of aryl methyl sites for hydroxylation is 2. The summed E-state index contributed by atoms with van der Waals surface area (Å²) in [7, 11) is 5.30. The largest absolute Gasteiger partial charge is 0.468 e. The number of imidazole rings is 1. The zero-order valence-corrected chi connectivity index (χ0v) is 11.8. The number of likely N-dealkylation sites (N-methyl/N-ethyl adjacent to an activating group) is 1. The van der Waals surface area contributed by atoms with Crippen LogP contribution in [0.2, 0.25) is 0 Å². The molecule has 0 atom stereocenters. The van der Waals surface area contributed by atoms with E-state index in [0.29, 0.717) is 6.54 Å². The normalized spacial score (nSPS) is 11.2. The molecule has 0 saturated carbocycles. The first kappa shape index (κ1) is 13.5. The molecule has 0 saturated heterocycles. The molecule has 0 aliphatic carbocycles. The average Bonchev–Trinajstić information content (AvgIpc) is 2.64. The zero-order chi connectivity index (χ0) is 14.0. The Morgan fingerprint density at radius 2 is 2.21 bits per heavy atom. The molecular formula is C14H19N3O2. The van der Waals surface area contributed by atoms with Gasteiger partial charge in [0.2, 0.25) is 0 Å². The molecule has 0 radical (unpaired) electrons. The number of ether oxygens (including phenoxy) is 1. The van der Waals surface area contributed by atoms with E-state index in [1.165, 1.54) is 7.11 Å². The fourth-order valence-electron chi connectivity index (χ4n) is 2.12. The van der Waals surface area contributed by atoms with Crippen molar-refractivity contribution in [3.05, 3.63) is 29.6 Å². The maximum absolute atomic E-state index is 11.2. The van der Waals surface area contributed by atoms with Gasteiger partial charge in [-0.3, -0.25) is 9.69 Å². The second kappa shape index (κ2) is 5.40. The van der Waals surface area contributed by atoms with Crippen LogP contribution in [-0.2, 0) is 23.1 Å². The van der Waals surface area contributed by atoms with Crippen LogP contribution in [0.4, 0.5) is 0 Å². The Bertz CT molecular complexity index is 604. The summed E-state index contributed by atoms with van der Waals surface area (Å²) in [4.78, 5) is 17.6. The average molecular weight is 261 g/mol. The summed E-state index contributed by atoms with van der Waals surface area (Å²) in [6, 6.07) is 6.20. The summed E-state index contributed by atoms with van der Waals surface area (Å²) in [5.74, 6) is 0.771. The summed E-state index contributed by atoms with van der Waals surface area (Å²) < 4.78 is 6.72. The van der Waals surface area contributed by atoms with E-state index in [0.717, 1.165) is 22.4 Å². The van der Waals surface area contributed by atoms with Crippen LogP contribution >= 0.6 is 0 Å². The Balaban J connectivity index is 2.15. The third kappa shape index (κ3) is 2.93. The van der Waals surface area contributed by atoms with Gasteiger partial charge in [0, 0.05) is 13.6 Å². The summed E-state index contributed by atoms with van der Waals surface area (Å²) in [6.07, 6.45) is 0. The highest BCUT2D eigenvalue weighted by molar-refractivity contribution is 5.76. The third-order valence-electron chi connectivity index (χ3n) is 3.25. The van der Waals surface area contributed by atoms with Crippen molar-refractivity contribution in [1.82, 2.24) is 14.5 Å². The molecular weight excluding hydrogens is 242 g/mol. The van der Waals surface area contributed by atoms with Crippen molar-refractivity contribution in [1.29, 1.82) is 0 Å². The van der Waals surface area contributed by atoms with E-state index >= 15 is 0 Å². The van der Waals surface area contributed by atoms with Gasteiger partial charge in [-0.2, -0.15) is 0 Å². The Morgan fingerprint density at radius 3 is 2.89 bits per heavy atom. The summed E-state index contributed by atoms with van der Waals surface area (Å²) >= 11 is 0. The molecule has 102 valence electrons. The van der Waals surface area contributed by atoms with Crippen LogP contribution in [-0.4, -0.2) is 41.1 Å². The molecule has 19 heavy (non-hydrogen) atoms. The first-order chi connectivity index (χ1) is 9.01. The van der Waals surface area contributed by atoms with Gasteiger partial charge in [-0.05, 0) is 31.7 Å². The Hall–Kier alpha value is -1.88. The fourth-order valence-corrected chi connectivity index (χ4v) is 2.12. The van der Waals surface area contributed by atoms with Gasteiger partial charge in [0.15, 0.2) is 0 Å². The lowest BCUT2D eigenvalue weighted by atomic mass is 10.2. The van der Waals surface area contributed by atoms with Crippen LogP contribution in [0.15, 0.2) is 18.2 Å². The molecule has 0 unspecified atom stereocenters.